The second-order valence-corrected chi connectivity index (χ2v) is 7.04. The Hall–Kier alpha value is -2.40. The molecule has 144 valence electrons. The summed E-state index contributed by atoms with van der Waals surface area (Å²) in [5.74, 6) is 1.19. The molecule has 0 saturated heterocycles. The zero-order chi connectivity index (χ0) is 19.9. The molecule has 7 heteroatoms. The lowest BCUT2D eigenvalue weighted by Gasteiger charge is -2.13. The van der Waals surface area contributed by atoms with E-state index < -0.39 is 0 Å². The van der Waals surface area contributed by atoms with Crippen LogP contribution in [0.2, 0.25) is 15.1 Å². The van der Waals surface area contributed by atoms with Gasteiger partial charge in [0, 0.05) is 10.6 Å². The highest BCUT2D eigenvalue weighted by atomic mass is 35.5. The van der Waals surface area contributed by atoms with Crippen molar-refractivity contribution in [2.24, 2.45) is 5.10 Å². The number of hydrazone groups is 1. The van der Waals surface area contributed by atoms with E-state index in [9.17, 15) is 0 Å². The molecule has 3 aromatic rings. The molecular formula is C21H17Cl3N2O2. The van der Waals surface area contributed by atoms with Crippen LogP contribution in [0, 0.1) is 0 Å². The number of rotatable bonds is 7. The highest BCUT2D eigenvalue weighted by Crippen LogP contribution is 2.31. The molecular weight excluding hydrogens is 419 g/mol. The molecule has 3 rings (SSSR count). The summed E-state index contributed by atoms with van der Waals surface area (Å²) in [5, 5.41) is 5.92. The van der Waals surface area contributed by atoms with E-state index in [1.807, 2.05) is 36.4 Å². The van der Waals surface area contributed by atoms with Crippen LogP contribution in [0.5, 0.6) is 11.5 Å². The molecule has 3 aromatic carbocycles. The maximum absolute atomic E-state index is 6.07. The van der Waals surface area contributed by atoms with Crippen LogP contribution in [0.3, 0.4) is 0 Å². The van der Waals surface area contributed by atoms with Crippen molar-refractivity contribution in [2.45, 2.75) is 6.61 Å². The third kappa shape index (κ3) is 5.32. The van der Waals surface area contributed by atoms with Crippen LogP contribution in [0.1, 0.15) is 11.1 Å². The number of ether oxygens (including phenoxy) is 2. The van der Waals surface area contributed by atoms with Crippen LogP contribution in [0.25, 0.3) is 0 Å². The first-order valence-electron chi connectivity index (χ1n) is 8.35. The molecule has 0 aromatic heterocycles. The number of benzene rings is 3. The fraction of sp³-hybridized carbons (Fsp3) is 0.0952. The summed E-state index contributed by atoms with van der Waals surface area (Å²) in [6, 6.07) is 18.2. The Balaban J connectivity index is 1.76. The molecule has 0 radical (unpaired) electrons. The topological polar surface area (TPSA) is 42.8 Å². The Morgan fingerprint density at radius 2 is 1.75 bits per heavy atom. The van der Waals surface area contributed by atoms with Gasteiger partial charge < -0.3 is 9.47 Å². The molecule has 0 spiro atoms. The zero-order valence-electron chi connectivity index (χ0n) is 15.0. The van der Waals surface area contributed by atoms with Crippen molar-refractivity contribution in [3.8, 4) is 11.5 Å². The summed E-state index contributed by atoms with van der Waals surface area (Å²) < 4.78 is 11.4. The van der Waals surface area contributed by atoms with Crippen molar-refractivity contribution in [1.29, 1.82) is 0 Å². The lowest BCUT2D eigenvalue weighted by atomic mass is 10.2. The van der Waals surface area contributed by atoms with E-state index in [0.717, 1.165) is 16.8 Å². The number of para-hydroxylation sites is 1. The molecule has 4 nitrogen and oxygen atoms in total. The van der Waals surface area contributed by atoms with Crippen LogP contribution in [0.15, 0.2) is 65.8 Å². The smallest absolute Gasteiger partial charge is 0.170 e. The van der Waals surface area contributed by atoms with Gasteiger partial charge >= 0.3 is 0 Å². The van der Waals surface area contributed by atoms with Crippen LogP contribution in [-0.4, -0.2) is 13.3 Å². The second-order valence-electron chi connectivity index (χ2n) is 5.79. The molecule has 0 unspecified atom stereocenters. The molecule has 0 aliphatic carbocycles. The lowest BCUT2D eigenvalue weighted by Crippen LogP contribution is -2.01. The van der Waals surface area contributed by atoms with Gasteiger partial charge in [0.05, 0.1) is 29.1 Å². The first-order chi connectivity index (χ1) is 13.6. The van der Waals surface area contributed by atoms with Gasteiger partial charge in [-0.2, -0.15) is 5.10 Å². The standard InChI is InChI=1S/C21H17Cl3N2O2/c1-27-20-4-2-3-15(12-25-26-17-8-6-16(22)7-9-17)21(20)28-13-14-5-10-18(23)19(24)11-14/h2-12,26H,13H2,1H3. The van der Waals surface area contributed by atoms with Gasteiger partial charge in [-0.25, -0.2) is 0 Å². The number of hydrogen-bond acceptors (Lipinski definition) is 4. The van der Waals surface area contributed by atoms with Crippen molar-refractivity contribution < 1.29 is 9.47 Å². The van der Waals surface area contributed by atoms with Crippen LogP contribution in [-0.2, 0) is 6.61 Å². The first-order valence-corrected chi connectivity index (χ1v) is 9.48. The molecule has 0 amide bonds. The van der Waals surface area contributed by atoms with E-state index in [1.165, 1.54) is 0 Å². The second kappa shape index (κ2) is 9.69. The Bertz CT molecular complexity index is 976. The largest absolute Gasteiger partial charge is 0.493 e. The normalized spacial score (nSPS) is 10.9. The van der Waals surface area contributed by atoms with Crippen LogP contribution in [0.4, 0.5) is 5.69 Å². The minimum absolute atomic E-state index is 0.308. The van der Waals surface area contributed by atoms with Crippen molar-refractivity contribution in [1.82, 2.24) is 0 Å². The van der Waals surface area contributed by atoms with Crippen molar-refractivity contribution in [3.05, 3.63) is 86.9 Å². The molecule has 0 saturated carbocycles. The molecule has 0 bridgehead atoms. The number of methoxy groups -OCH3 is 1. The quantitative estimate of drug-likeness (QED) is 0.332. The summed E-state index contributed by atoms with van der Waals surface area (Å²) in [7, 11) is 1.59. The van der Waals surface area contributed by atoms with E-state index in [1.54, 1.807) is 37.6 Å². The zero-order valence-corrected chi connectivity index (χ0v) is 17.2. The Labute approximate surface area is 178 Å². The van der Waals surface area contributed by atoms with Gasteiger partial charge in [-0.15, -0.1) is 0 Å². The summed E-state index contributed by atoms with van der Waals surface area (Å²) in [4.78, 5) is 0. The predicted octanol–water partition coefficient (Wildman–Crippen LogP) is 6.68. The lowest BCUT2D eigenvalue weighted by molar-refractivity contribution is 0.284. The third-order valence-corrected chi connectivity index (χ3v) is 4.83. The van der Waals surface area contributed by atoms with E-state index in [4.69, 9.17) is 44.3 Å². The maximum Gasteiger partial charge on any atom is 0.170 e. The average Bonchev–Trinajstić information content (AvgIpc) is 2.70. The van der Waals surface area contributed by atoms with Crippen molar-refractivity contribution in [3.63, 3.8) is 0 Å². The average molecular weight is 436 g/mol. The van der Waals surface area contributed by atoms with E-state index in [2.05, 4.69) is 10.5 Å². The fourth-order valence-corrected chi connectivity index (χ4v) is 2.88. The van der Waals surface area contributed by atoms with E-state index >= 15 is 0 Å². The number of halogens is 3. The fourth-order valence-electron chi connectivity index (χ4n) is 2.44. The minimum Gasteiger partial charge on any atom is -0.493 e. The van der Waals surface area contributed by atoms with Gasteiger partial charge in [0.15, 0.2) is 11.5 Å². The maximum atomic E-state index is 6.07. The van der Waals surface area contributed by atoms with Gasteiger partial charge in [0.2, 0.25) is 0 Å². The summed E-state index contributed by atoms with van der Waals surface area (Å²) in [6.07, 6.45) is 1.67. The third-order valence-electron chi connectivity index (χ3n) is 3.84. The minimum atomic E-state index is 0.308. The Morgan fingerprint density at radius 1 is 0.964 bits per heavy atom. The molecule has 28 heavy (non-hydrogen) atoms. The number of anilines is 1. The molecule has 0 atom stereocenters. The Morgan fingerprint density at radius 3 is 2.46 bits per heavy atom. The predicted molar refractivity (Wildman–Crippen MR) is 116 cm³/mol. The van der Waals surface area contributed by atoms with Gasteiger partial charge in [-0.3, -0.25) is 5.43 Å². The molecule has 0 heterocycles. The summed E-state index contributed by atoms with van der Waals surface area (Å²) in [5.41, 5.74) is 5.43. The van der Waals surface area contributed by atoms with Gasteiger partial charge in [0.25, 0.3) is 0 Å². The van der Waals surface area contributed by atoms with Crippen LogP contribution < -0.4 is 14.9 Å². The van der Waals surface area contributed by atoms with Crippen molar-refractivity contribution >= 4 is 46.7 Å². The highest BCUT2D eigenvalue weighted by Gasteiger charge is 2.10. The number of nitrogens with zero attached hydrogens (tertiary/aromatic N) is 1. The SMILES string of the molecule is COc1cccc(C=NNc2ccc(Cl)cc2)c1OCc1ccc(Cl)c(Cl)c1. The van der Waals surface area contributed by atoms with E-state index in [-0.39, 0.29) is 0 Å². The van der Waals surface area contributed by atoms with E-state index in [0.29, 0.717) is 33.2 Å². The van der Waals surface area contributed by atoms with Gasteiger partial charge in [0.1, 0.15) is 6.61 Å². The monoisotopic (exact) mass is 434 g/mol. The molecule has 0 aliphatic heterocycles. The highest BCUT2D eigenvalue weighted by molar-refractivity contribution is 6.42. The van der Waals surface area contributed by atoms with Gasteiger partial charge in [-0.05, 0) is 54.1 Å². The first kappa shape index (κ1) is 20.3. The van der Waals surface area contributed by atoms with Crippen LogP contribution >= 0.6 is 34.8 Å². The van der Waals surface area contributed by atoms with Gasteiger partial charge in [-0.1, -0.05) is 46.9 Å². The summed E-state index contributed by atoms with van der Waals surface area (Å²) >= 11 is 17.9. The van der Waals surface area contributed by atoms with Crippen molar-refractivity contribution in [2.75, 3.05) is 12.5 Å². The summed E-state index contributed by atoms with van der Waals surface area (Å²) in [6.45, 7) is 0.308. The molecule has 0 aliphatic rings. The number of nitrogens with one attached hydrogen (secondary N) is 1. The Kier molecular flexibility index (Phi) is 7.04. The molecule has 0 fully saturated rings. The molecule has 1 N–H and O–H groups in total. The number of hydrogen-bond donors (Lipinski definition) is 1.